The van der Waals surface area contributed by atoms with Gasteiger partial charge in [0.15, 0.2) is 0 Å². The van der Waals surface area contributed by atoms with Gasteiger partial charge in [-0.05, 0) is 37.8 Å². The van der Waals surface area contributed by atoms with E-state index in [9.17, 15) is 18.4 Å². The SMILES string of the molecule is CCC(N)(CC)CNC(=O)C1CCN(C(=O)c2ccc(F)cc2F)CC1.Cl. The van der Waals surface area contributed by atoms with Gasteiger partial charge >= 0.3 is 0 Å². The average Bonchev–Trinajstić information content (AvgIpc) is 2.65. The molecular weight excluding hydrogens is 376 g/mol. The van der Waals surface area contributed by atoms with Crippen LogP contribution in [-0.2, 0) is 4.79 Å². The Morgan fingerprint density at radius 3 is 2.33 bits per heavy atom. The summed E-state index contributed by atoms with van der Waals surface area (Å²) in [5, 5.41) is 2.92. The van der Waals surface area contributed by atoms with Gasteiger partial charge in [-0.3, -0.25) is 9.59 Å². The van der Waals surface area contributed by atoms with Crippen molar-refractivity contribution in [2.24, 2.45) is 11.7 Å². The van der Waals surface area contributed by atoms with Crippen molar-refractivity contribution in [1.82, 2.24) is 10.2 Å². The Kier molecular flexibility index (Phi) is 8.62. The molecule has 0 bridgehead atoms. The van der Waals surface area contributed by atoms with Crippen molar-refractivity contribution < 1.29 is 18.4 Å². The normalized spacial score (nSPS) is 15.2. The van der Waals surface area contributed by atoms with Gasteiger partial charge in [0.05, 0.1) is 5.56 Å². The molecule has 1 aromatic carbocycles. The van der Waals surface area contributed by atoms with Crippen LogP contribution in [0.2, 0.25) is 0 Å². The first-order chi connectivity index (χ1) is 12.3. The molecule has 1 aliphatic heterocycles. The summed E-state index contributed by atoms with van der Waals surface area (Å²) in [5.41, 5.74) is 5.65. The second-order valence-electron chi connectivity index (χ2n) is 6.98. The molecule has 2 rings (SSSR count). The zero-order valence-electron chi connectivity index (χ0n) is 15.8. The number of likely N-dealkylation sites (tertiary alicyclic amines) is 1. The van der Waals surface area contributed by atoms with Gasteiger partial charge in [-0.25, -0.2) is 8.78 Å². The molecule has 0 aliphatic carbocycles. The van der Waals surface area contributed by atoms with Gasteiger partial charge in [0.25, 0.3) is 5.91 Å². The number of nitrogens with two attached hydrogens (primary N) is 1. The Morgan fingerprint density at radius 2 is 1.81 bits per heavy atom. The lowest BCUT2D eigenvalue weighted by Gasteiger charge is -2.33. The van der Waals surface area contributed by atoms with E-state index in [2.05, 4.69) is 5.32 Å². The van der Waals surface area contributed by atoms with E-state index in [-0.39, 0.29) is 29.8 Å². The van der Waals surface area contributed by atoms with Crippen LogP contribution in [0.1, 0.15) is 49.9 Å². The first kappa shape index (κ1) is 23.3. The van der Waals surface area contributed by atoms with E-state index < -0.39 is 23.1 Å². The smallest absolute Gasteiger partial charge is 0.256 e. The summed E-state index contributed by atoms with van der Waals surface area (Å²) >= 11 is 0. The molecular formula is C19H28ClF2N3O2. The highest BCUT2D eigenvalue weighted by Gasteiger charge is 2.30. The molecule has 1 fully saturated rings. The maximum absolute atomic E-state index is 13.8. The Balaban J connectivity index is 0.00000364. The fourth-order valence-electron chi connectivity index (χ4n) is 3.09. The number of carbonyl (C=O) groups is 2. The van der Waals surface area contributed by atoms with Crippen LogP contribution in [0.5, 0.6) is 0 Å². The minimum atomic E-state index is -0.867. The van der Waals surface area contributed by atoms with Gasteiger partial charge in [-0.1, -0.05) is 13.8 Å². The summed E-state index contributed by atoms with van der Waals surface area (Å²) in [6, 6.07) is 2.92. The Morgan fingerprint density at radius 1 is 1.22 bits per heavy atom. The van der Waals surface area contributed by atoms with Crippen molar-refractivity contribution in [2.45, 2.75) is 45.1 Å². The number of halogens is 3. The van der Waals surface area contributed by atoms with Crippen LogP contribution in [0.25, 0.3) is 0 Å². The van der Waals surface area contributed by atoms with Crippen LogP contribution in [-0.4, -0.2) is 41.9 Å². The van der Waals surface area contributed by atoms with E-state index in [4.69, 9.17) is 5.73 Å². The second kappa shape index (κ2) is 9.99. The fourth-order valence-corrected chi connectivity index (χ4v) is 3.09. The molecule has 8 heteroatoms. The predicted molar refractivity (Wildman–Crippen MR) is 103 cm³/mol. The maximum atomic E-state index is 13.8. The number of piperidine rings is 1. The van der Waals surface area contributed by atoms with E-state index in [1.165, 1.54) is 4.90 Å². The van der Waals surface area contributed by atoms with Gasteiger partial charge in [0.1, 0.15) is 11.6 Å². The van der Waals surface area contributed by atoms with Crippen LogP contribution in [0.4, 0.5) is 8.78 Å². The van der Waals surface area contributed by atoms with Gasteiger partial charge < -0.3 is 16.0 Å². The van der Waals surface area contributed by atoms with Gasteiger partial charge in [-0.15, -0.1) is 12.4 Å². The lowest BCUT2D eigenvalue weighted by molar-refractivity contribution is -0.126. The van der Waals surface area contributed by atoms with Crippen LogP contribution >= 0.6 is 12.4 Å². The lowest BCUT2D eigenvalue weighted by atomic mass is 9.92. The van der Waals surface area contributed by atoms with E-state index in [0.717, 1.165) is 25.0 Å². The largest absolute Gasteiger partial charge is 0.354 e. The molecule has 0 spiro atoms. The molecule has 1 saturated heterocycles. The first-order valence-corrected chi connectivity index (χ1v) is 9.10. The van der Waals surface area contributed by atoms with Crippen molar-refractivity contribution in [3.05, 3.63) is 35.4 Å². The monoisotopic (exact) mass is 403 g/mol. The molecule has 5 nitrogen and oxygen atoms in total. The predicted octanol–water partition coefficient (Wildman–Crippen LogP) is 2.87. The number of nitrogens with zero attached hydrogens (tertiary/aromatic N) is 1. The first-order valence-electron chi connectivity index (χ1n) is 9.10. The molecule has 0 radical (unpaired) electrons. The standard InChI is InChI=1S/C19H27F2N3O2.ClH/c1-3-19(22,4-2)12-23-17(25)13-7-9-24(10-8-13)18(26)15-6-5-14(20)11-16(15)21;/h5-6,11,13H,3-4,7-10,12,22H2,1-2H3,(H,23,25);1H. The molecule has 1 aromatic rings. The van der Waals surface area contributed by atoms with Crippen LogP contribution in [0, 0.1) is 17.6 Å². The summed E-state index contributed by atoms with van der Waals surface area (Å²) in [6.07, 6.45) is 2.58. The highest BCUT2D eigenvalue weighted by atomic mass is 35.5. The molecule has 0 unspecified atom stereocenters. The summed E-state index contributed by atoms with van der Waals surface area (Å²) in [7, 11) is 0. The second-order valence-corrected chi connectivity index (χ2v) is 6.98. The zero-order valence-corrected chi connectivity index (χ0v) is 16.6. The maximum Gasteiger partial charge on any atom is 0.256 e. The highest BCUT2D eigenvalue weighted by Crippen LogP contribution is 2.21. The van der Waals surface area contributed by atoms with Crippen molar-refractivity contribution in [1.29, 1.82) is 0 Å². The summed E-state index contributed by atoms with van der Waals surface area (Å²) in [6.45, 7) is 5.15. The molecule has 27 heavy (non-hydrogen) atoms. The molecule has 152 valence electrons. The molecule has 0 aromatic heterocycles. The number of carbonyl (C=O) groups excluding carboxylic acids is 2. The van der Waals surface area contributed by atoms with E-state index >= 15 is 0 Å². The third kappa shape index (κ3) is 5.87. The quantitative estimate of drug-likeness (QED) is 0.766. The average molecular weight is 404 g/mol. The Labute approximate surface area is 165 Å². The van der Waals surface area contributed by atoms with Crippen LogP contribution < -0.4 is 11.1 Å². The lowest BCUT2D eigenvalue weighted by Crippen LogP contribution is -2.51. The number of hydrogen-bond donors (Lipinski definition) is 2. The number of hydrogen-bond acceptors (Lipinski definition) is 3. The Hall–Kier alpha value is -1.73. The van der Waals surface area contributed by atoms with E-state index in [1.54, 1.807) is 0 Å². The van der Waals surface area contributed by atoms with Gasteiger partial charge in [0.2, 0.25) is 5.91 Å². The number of benzene rings is 1. The fraction of sp³-hybridized carbons (Fsp3) is 0.579. The molecule has 1 aliphatic rings. The third-order valence-electron chi connectivity index (χ3n) is 5.34. The number of nitrogens with one attached hydrogen (secondary N) is 1. The summed E-state index contributed by atoms with van der Waals surface area (Å²) < 4.78 is 26.8. The third-order valence-corrected chi connectivity index (χ3v) is 5.34. The summed E-state index contributed by atoms with van der Waals surface area (Å²) in [4.78, 5) is 26.2. The highest BCUT2D eigenvalue weighted by molar-refractivity contribution is 5.94. The van der Waals surface area contributed by atoms with Crippen LogP contribution in [0.3, 0.4) is 0 Å². The summed E-state index contributed by atoms with van der Waals surface area (Å²) in [5.74, 6) is -2.30. The number of rotatable bonds is 6. The van der Waals surface area contributed by atoms with E-state index in [1.807, 2.05) is 13.8 Å². The molecule has 0 atom stereocenters. The van der Waals surface area contributed by atoms with Crippen molar-refractivity contribution in [3.8, 4) is 0 Å². The van der Waals surface area contributed by atoms with Gasteiger partial charge in [-0.2, -0.15) is 0 Å². The topological polar surface area (TPSA) is 75.4 Å². The van der Waals surface area contributed by atoms with Crippen molar-refractivity contribution in [3.63, 3.8) is 0 Å². The van der Waals surface area contributed by atoms with Crippen molar-refractivity contribution in [2.75, 3.05) is 19.6 Å². The van der Waals surface area contributed by atoms with Crippen LogP contribution in [0.15, 0.2) is 18.2 Å². The molecule has 0 saturated carbocycles. The zero-order chi connectivity index (χ0) is 19.3. The van der Waals surface area contributed by atoms with Crippen molar-refractivity contribution >= 4 is 24.2 Å². The minimum Gasteiger partial charge on any atom is -0.354 e. The minimum absolute atomic E-state index is 0. The molecule has 1 heterocycles. The van der Waals surface area contributed by atoms with Gasteiger partial charge in [0, 0.05) is 37.2 Å². The van der Waals surface area contributed by atoms with E-state index in [0.29, 0.717) is 38.5 Å². The molecule has 2 amide bonds. The Bertz CT molecular complexity index is 660. The number of amides is 2. The molecule has 3 N–H and O–H groups in total.